The number of methoxy groups -OCH3 is 1. The third-order valence-electron chi connectivity index (χ3n) is 4.69. The van der Waals surface area contributed by atoms with Crippen LogP contribution in [0.5, 0.6) is 5.75 Å². The zero-order valence-corrected chi connectivity index (χ0v) is 18.6. The molecule has 2 aromatic carbocycles. The van der Waals surface area contributed by atoms with Crippen LogP contribution in [0.3, 0.4) is 0 Å². The highest BCUT2D eigenvalue weighted by Crippen LogP contribution is 2.32. The van der Waals surface area contributed by atoms with E-state index in [2.05, 4.69) is 16.8 Å². The molecule has 0 aliphatic heterocycles. The topological polar surface area (TPSA) is 60.2 Å². The second-order valence-corrected chi connectivity index (χ2v) is 8.30. The molecule has 1 aromatic heterocycles. The summed E-state index contributed by atoms with van der Waals surface area (Å²) in [7, 11) is 3.32. The van der Waals surface area contributed by atoms with Gasteiger partial charge in [-0.05, 0) is 36.8 Å². The highest BCUT2D eigenvalue weighted by atomic mass is 32.2. The van der Waals surface area contributed by atoms with Crippen LogP contribution in [0.2, 0.25) is 0 Å². The van der Waals surface area contributed by atoms with E-state index in [-0.39, 0.29) is 11.7 Å². The first kappa shape index (κ1) is 22.6. The van der Waals surface area contributed by atoms with E-state index in [0.717, 1.165) is 11.1 Å². The number of halogens is 1. The minimum atomic E-state index is -0.406. The maximum atomic E-state index is 13.4. The first-order valence-electron chi connectivity index (χ1n) is 9.78. The van der Waals surface area contributed by atoms with Crippen LogP contribution in [0.1, 0.15) is 12.5 Å². The van der Waals surface area contributed by atoms with Gasteiger partial charge in [-0.1, -0.05) is 42.1 Å². The summed E-state index contributed by atoms with van der Waals surface area (Å²) in [5.41, 5.74) is 1.55. The van der Waals surface area contributed by atoms with Crippen LogP contribution in [0.4, 0.5) is 4.39 Å². The number of allylic oxidation sites excluding steroid dienone is 1. The molecule has 0 N–H and O–H groups in total. The quantitative estimate of drug-likeness (QED) is 0.364. The summed E-state index contributed by atoms with van der Waals surface area (Å²) in [5.74, 6) is 0.937. The molecule has 31 heavy (non-hydrogen) atoms. The van der Waals surface area contributed by atoms with Crippen molar-refractivity contribution in [2.24, 2.45) is 0 Å². The SMILES string of the molecule is C=CCn1c(SC(C)C(=O)N(C)Cc2cccc(F)c2)nnc1-c1ccccc1OC. The molecule has 162 valence electrons. The number of hydrogen-bond acceptors (Lipinski definition) is 5. The van der Waals surface area contributed by atoms with E-state index in [9.17, 15) is 9.18 Å². The maximum Gasteiger partial charge on any atom is 0.235 e. The largest absolute Gasteiger partial charge is 0.496 e. The molecule has 1 atom stereocenters. The van der Waals surface area contributed by atoms with Crippen LogP contribution < -0.4 is 4.74 Å². The molecule has 0 saturated heterocycles. The summed E-state index contributed by atoms with van der Waals surface area (Å²) in [6.07, 6.45) is 1.76. The number of rotatable bonds is 9. The number of aromatic nitrogens is 3. The summed E-state index contributed by atoms with van der Waals surface area (Å²) < 4.78 is 20.8. The Hall–Kier alpha value is -3.13. The molecule has 6 nitrogen and oxygen atoms in total. The van der Waals surface area contributed by atoms with Crippen molar-refractivity contribution in [2.45, 2.75) is 30.4 Å². The van der Waals surface area contributed by atoms with Crippen molar-refractivity contribution >= 4 is 17.7 Å². The van der Waals surface area contributed by atoms with Gasteiger partial charge in [0.2, 0.25) is 5.91 Å². The van der Waals surface area contributed by atoms with Gasteiger partial charge in [-0.2, -0.15) is 0 Å². The van der Waals surface area contributed by atoms with Gasteiger partial charge in [-0.15, -0.1) is 16.8 Å². The van der Waals surface area contributed by atoms with Gasteiger partial charge in [0.15, 0.2) is 11.0 Å². The summed E-state index contributed by atoms with van der Waals surface area (Å²) >= 11 is 1.32. The summed E-state index contributed by atoms with van der Waals surface area (Å²) in [4.78, 5) is 14.5. The fraction of sp³-hybridized carbons (Fsp3) is 0.261. The van der Waals surface area contributed by atoms with Crippen molar-refractivity contribution < 1.29 is 13.9 Å². The summed E-state index contributed by atoms with van der Waals surface area (Å²) in [5, 5.41) is 8.87. The van der Waals surface area contributed by atoms with Crippen LogP contribution in [0.15, 0.2) is 66.3 Å². The number of thioether (sulfide) groups is 1. The van der Waals surface area contributed by atoms with Gasteiger partial charge in [-0.25, -0.2) is 4.39 Å². The normalized spacial score (nSPS) is 11.7. The number of carbonyl (C=O) groups excluding carboxylic acids is 1. The second kappa shape index (κ2) is 10.3. The van der Waals surface area contributed by atoms with E-state index in [1.807, 2.05) is 35.8 Å². The molecule has 0 aliphatic rings. The van der Waals surface area contributed by atoms with E-state index < -0.39 is 5.25 Å². The van der Waals surface area contributed by atoms with Crippen LogP contribution in [0, 0.1) is 5.82 Å². The second-order valence-electron chi connectivity index (χ2n) is 6.99. The van der Waals surface area contributed by atoms with Crippen LogP contribution >= 0.6 is 11.8 Å². The number of amides is 1. The van der Waals surface area contributed by atoms with Crippen molar-refractivity contribution in [1.82, 2.24) is 19.7 Å². The smallest absolute Gasteiger partial charge is 0.235 e. The van der Waals surface area contributed by atoms with Gasteiger partial charge in [0, 0.05) is 20.1 Å². The number of ether oxygens (including phenoxy) is 1. The Morgan fingerprint density at radius 1 is 1.29 bits per heavy atom. The number of benzene rings is 2. The third-order valence-corrected chi connectivity index (χ3v) is 5.76. The minimum absolute atomic E-state index is 0.0822. The van der Waals surface area contributed by atoms with Gasteiger partial charge in [-0.3, -0.25) is 9.36 Å². The molecule has 3 rings (SSSR count). The van der Waals surface area contributed by atoms with E-state index in [0.29, 0.717) is 29.8 Å². The molecule has 0 spiro atoms. The average Bonchev–Trinajstić information content (AvgIpc) is 3.15. The van der Waals surface area contributed by atoms with E-state index in [1.165, 1.54) is 23.9 Å². The lowest BCUT2D eigenvalue weighted by Crippen LogP contribution is -2.33. The van der Waals surface area contributed by atoms with E-state index in [4.69, 9.17) is 4.74 Å². The summed E-state index contributed by atoms with van der Waals surface area (Å²) in [6.45, 7) is 6.47. The average molecular weight is 441 g/mol. The predicted octanol–water partition coefficient (Wildman–Crippen LogP) is 4.42. The lowest BCUT2D eigenvalue weighted by Gasteiger charge is -2.21. The van der Waals surface area contributed by atoms with Crippen molar-refractivity contribution in [2.75, 3.05) is 14.2 Å². The molecule has 0 radical (unpaired) electrons. The van der Waals surface area contributed by atoms with Crippen LogP contribution in [-0.2, 0) is 17.9 Å². The number of hydrogen-bond donors (Lipinski definition) is 0. The number of para-hydroxylation sites is 1. The Morgan fingerprint density at radius 3 is 2.77 bits per heavy atom. The molecule has 1 amide bonds. The maximum absolute atomic E-state index is 13.4. The highest BCUT2D eigenvalue weighted by molar-refractivity contribution is 8.00. The zero-order chi connectivity index (χ0) is 22.4. The fourth-order valence-electron chi connectivity index (χ4n) is 3.20. The molecule has 3 aromatic rings. The van der Waals surface area contributed by atoms with Gasteiger partial charge in [0.25, 0.3) is 0 Å². The van der Waals surface area contributed by atoms with Crippen LogP contribution in [0.25, 0.3) is 11.4 Å². The zero-order valence-electron chi connectivity index (χ0n) is 17.8. The molecule has 0 aliphatic carbocycles. The van der Waals surface area contributed by atoms with E-state index in [1.54, 1.807) is 37.3 Å². The molecular formula is C23H25FN4O2S. The first-order chi connectivity index (χ1) is 14.9. The minimum Gasteiger partial charge on any atom is -0.496 e. The van der Waals surface area contributed by atoms with Gasteiger partial charge < -0.3 is 9.64 Å². The molecule has 1 unspecified atom stereocenters. The Labute approximate surface area is 185 Å². The van der Waals surface area contributed by atoms with Crippen molar-refractivity contribution in [3.63, 3.8) is 0 Å². The first-order valence-corrected chi connectivity index (χ1v) is 10.7. The standard InChI is InChI=1S/C23H25FN4O2S/c1-5-13-28-21(19-11-6-7-12-20(19)30-4)25-26-23(28)31-16(2)22(29)27(3)15-17-9-8-10-18(24)14-17/h5-12,14,16H,1,13,15H2,2-4H3. The highest BCUT2D eigenvalue weighted by Gasteiger charge is 2.24. The number of carbonyl (C=O) groups is 1. The Morgan fingerprint density at radius 2 is 2.06 bits per heavy atom. The Bertz CT molecular complexity index is 1070. The lowest BCUT2D eigenvalue weighted by atomic mass is 10.2. The Balaban J connectivity index is 1.79. The van der Waals surface area contributed by atoms with Gasteiger partial charge in [0.1, 0.15) is 11.6 Å². The van der Waals surface area contributed by atoms with E-state index >= 15 is 0 Å². The molecular weight excluding hydrogens is 415 g/mol. The lowest BCUT2D eigenvalue weighted by molar-refractivity contribution is -0.129. The van der Waals surface area contributed by atoms with Gasteiger partial charge >= 0.3 is 0 Å². The van der Waals surface area contributed by atoms with Gasteiger partial charge in [0.05, 0.1) is 17.9 Å². The van der Waals surface area contributed by atoms with Crippen LogP contribution in [-0.4, -0.2) is 45.0 Å². The van der Waals surface area contributed by atoms with Crippen molar-refractivity contribution in [1.29, 1.82) is 0 Å². The molecule has 0 fully saturated rings. The molecule has 0 bridgehead atoms. The Kier molecular flexibility index (Phi) is 7.46. The molecule has 8 heteroatoms. The summed E-state index contributed by atoms with van der Waals surface area (Å²) in [6, 6.07) is 13.8. The molecule has 1 heterocycles. The fourth-order valence-corrected chi connectivity index (χ4v) is 4.18. The van der Waals surface area contributed by atoms with Crippen molar-refractivity contribution in [3.05, 3.63) is 72.6 Å². The molecule has 0 saturated carbocycles. The predicted molar refractivity (Wildman–Crippen MR) is 120 cm³/mol. The van der Waals surface area contributed by atoms with Crippen molar-refractivity contribution in [3.8, 4) is 17.1 Å². The monoisotopic (exact) mass is 440 g/mol. The number of nitrogens with zero attached hydrogens (tertiary/aromatic N) is 4. The third kappa shape index (κ3) is 5.32.